The Balaban J connectivity index is 0.823. The van der Waals surface area contributed by atoms with Crippen LogP contribution in [-0.2, 0) is 25.7 Å². The zero-order chi connectivity index (χ0) is 39.8. The fraction of sp³-hybridized carbons (Fsp3) is 0.429. The first kappa shape index (κ1) is 40.2. The molecule has 0 bridgehead atoms. The van der Waals surface area contributed by atoms with E-state index in [1.807, 2.05) is 49.1 Å². The molecule has 3 aromatic carbocycles. The standard InChI is InChI=1S/C42H47ClN6O7/c1-42(2)26-48(41(54)37(42)56-30-16-13-28(24-44)32(43)23-30)25-27-11-14-29(15-12-27)45-19-4-3-6-21-55-22-7-5-20-46-33-10-8-9-31-36(33)40(53)49(39(31)52)34-17-18-35(50)47-38(34)51/h8-16,23,34,37,45-46H,3-7,17-22,25-26H2,1-2H3,(H,47,50,51). The highest BCUT2D eigenvalue weighted by atomic mass is 35.5. The van der Waals surface area contributed by atoms with Gasteiger partial charge in [-0.3, -0.25) is 34.2 Å². The molecule has 2 unspecified atom stereocenters. The quantitative estimate of drug-likeness (QED) is 0.104. The molecule has 2 fully saturated rings. The summed E-state index contributed by atoms with van der Waals surface area (Å²) in [6.45, 7) is 7.80. The number of fused-ring (bicyclic) bond motifs is 1. The summed E-state index contributed by atoms with van der Waals surface area (Å²) >= 11 is 6.17. The number of hydrogen-bond acceptors (Lipinski definition) is 10. The third kappa shape index (κ3) is 9.32. The maximum atomic E-state index is 13.3. The normalized spacial score (nSPS) is 18.9. The van der Waals surface area contributed by atoms with Gasteiger partial charge in [0.2, 0.25) is 11.8 Å². The van der Waals surface area contributed by atoms with Gasteiger partial charge >= 0.3 is 0 Å². The Bertz CT molecular complexity index is 2010. The van der Waals surface area contributed by atoms with E-state index in [1.165, 1.54) is 0 Å². The van der Waals surface area contributed by atoms with Crippen molar-refractivity contribution >= 4 is 52.5 Å². The fourth-order valence-corrected chi connectivity index (χ4v) is 7.51. The van der Waals surface area contributed by atoms with Crippen LogP contribution in [0.5, 0.6) is 5.75 Å². The van der Waals surface area contributed by atoms with Crippen LogP contribution in [0.2, 0.25) is 5.02 Å². The average Bonchev–Trinajstić information content (AvgIpc) is 3.55. The summed E-state index contributed by atoms with van der Waals surface area (Å²) in [6.07, 6.45) is 4.17. The van der Waals surface area contributed by atoms with Gasteiger partial charge in [-0.2, -0.15) is 5.26 Å². The van der Waals surface area contributed by atoms with Crippen molar-refractivity contribution in [3.8, 4) is 11.8 Å². The molecule has 3 heterocycles. The first-order chi connectivity index (χ1) is 27.0. The highest BCUT2D eigenvalue weighted by Gasteiger charge is 2.48. The number of hydrogen-bond donors (Lipinski definition) is 3. The highest BCUT2D eigenvalue weighted by Crippen LogP contribution is 2.36. The van der Waals surface area contributed by atoms with Crippen molar-refractivity contribution in [3.63, 3.8) is 0 Å². The monoisotopic (exact) mass is 782 g/mol. The minimum absolute atomic E-state index is 0.0781. The number of likely N-dealkylation sites (tertiary alicyclic amines) is 1. The van der Waals surface area contributed by atoms with E-state index in [2.05, 4.69) is 16.0 Å². The Morgan fingerprint density at radius 1 is 0.911 bits per heavy atom. The summed E-state index contributed by atoms with van der Waals surface area (Å²) in [7, 11) is 0. The van der Waals surface area contributed by atoms with Crippen LogP contribution in [0, 0.1) is 16.7 Å². The van der Waals surface area contributed by atoms with Crippen molar-refractivity contribution in [1.82, 2.24) is 15.1 Å². The second-order valence-corrected chi connectivity index (χ2v) is 15.4. The third-order valence-corrected chi connectivity index (χ3v) is 10.6. The molecule has 0 aliphatic carbocycles. The van der Waals surface area contributed by atoms with Crippen LogP contribution in [0.4, 0.5) is 11.4 Å². The number of benzene rings is 3. The molecule has 0 radical (unpaired) electrons. The number of halogens is 1. The molecule has 3 N–H and O–H groups in total. The maximum Gasteiger partial charge on any atom is 0.264 e. The molecule has 0 aromatic heterocycles. The van der Waals surface area contributed by atoms with Gasteiger partial charge in [0.15, 0.2) is 6.10 Å². The minimum atomic E-state index is -0.991. The summed E-state index contributed by atoms with van der Waals surface area (Å²) in [5.74, 6) is -1.69. The number of carbonyl (C=O) groups is 5. The highest BCUT2D eigenvalue weighted by molar-refractivity contribution is 6.31. The summed E-state index contributed by atoms with van der Waals surface area (Å²) in [5, 5.41) is 18.4. The van der Waals surface area contributed by atoms with Gasteiger partial charge < -0.3 is 25.0 Å². The van der Waals surface area contributed by atoms with Crippen molar-refractivity contribution in [2.24, 2.45) is 5.41 Å². The van der Waals surface area contributed by atoms with E-state index < -0.39 is 41.2 Å². The van der Waals surface area contributed by atoms with Gasteiger partial charge in [0, 0.05) is 68.7 Å². The van der Waals surface area contributed by atoms with Crippen LogP contribution in [0.25, 0.3) is 0 Å². The molecule has 0 spiro atoms. The molecule has 294 valence electrons. The average molecular weight is 783 g/mol. The zero-order valence-electron chi connectivity index (χ0n) is 31.7. The van der Waals surface area contributed by atoms with Crippen LogP contribution in [0.15, 0.2) is 60.7 Å². The lowest BCUT2D eigenvalue weighted by Crippen LogP contribution is -2.54. The lowest BCUT2D eigenvalue weighted by Gasteiger charge is -2.27. The molecule has 2 atom stereocenters. The molecule has 2 saturated heterocycles. The van der Waals surface area contributed by atoms with Gasteiger partial charge in [0.1, 0.15) is 17.9 Å². The van der Waals surface area contributed by atoms with Crippen LogP contribution in [-0.4, -0.2) is 84.3 Å². The molecular weight excluding hydrogens is 736 g/mol. The number of imide groups is 2. The second-order valence-electron chi connectivity index (χ2n) is 15.0. The number of ether oxygens (including phenoxy) is 2. The van der Waals surface area contributed by atoms with Gasteiger partial charge in [0.05, 0.1) is 21.7 Å². The molecule has 56 heavy (non-hydrogen) atoms. The van der Waals surface area contributed by atoms with Crippen LogP contribution in [0.3, 0.4) is 0 Å². The predicted octanol–water partition coefficient (Wildman–Crippen LogP) is 5.92. The molecular formula is C42H47ClN6O7. The minimum Gasteiger partial charge on any atom is -0.480 e. The van der Waals surface area contributed by atoms with Crippen LogP contribution < -0.4 is 20.7 Å². The predicted molar refractivity (Wildman–Crippen MR) is 210 cm³/mol. The van der Waals surface area contributed by atoms with Gasteiger partial charge in [-0.05, 0) is 80.5 Å². The molecule has 3 aliphatic heterocycles. The van der Waals surface area contributed by atoms with E-state index in [1.54, 1.807) is 36.4 Å². The molecule has 3 aromatic rings. The van der Waals surface area contributed by atoms with Gasteiger partial charge in [-0.25, -0.2) is 0 Å². The zero-order valence-corrected chi connectivity index (χ0v) is 32.5. The smallest absolute Gasteiger partial charge is 0.264 e. The molecule has 13 nitrogen and oxygen atoms in total. The Labute approximate surface area is 331 Å². The molecule has 3 aliphatic rings. The number of nitriles is 1. The van der Waals surface area contributed by atoms with Crippen molar-refractivity contribution in [2.75, 3.05) is 43.5 Å². The van der Waals surface area contributed by atoms with Crippen molar-refractivity contribution < 1.29 is 33.4 Å². The van der Waals surface area contributed by atoms with E-state index in [4.69, 9.17) is 26.3 Å². The molecule has 5 amide bonds. The van der Waals surface area contributed by atoms with E-state index in [9.17, 15) is 24.0 Å². The Kier molecular flexibility index (Phi) is 12.9. The third-order valence-electron chi connectivity index (χ3n) is 10.3. The Hall–Kier alpha value is -5.45. The first-order valence-electron chi connectivity index (χ1n) is 19.1. The van der Waals surface area contributed by atoms with Gasteiger partial charge in [-0.1, -0.05) is 43.6 Å². The van der Waals surface area contributed by atoms with Crippen molar-refractivity contribution in [1.29, 1.82) is 5.26 Å². The van der Waals surface area contributed by atoms with Crippen LogP contribution in [0.1, 0.15) is 90.6 Å². The van der Waals surface area contributed by atoms with E-state index >= 15 is 0 Å². The first-order valence-corrected chi connectivity index (χ1v) is 19.5. The number of unbranched alkanes of at least 4 members (excludes halogenated alkanes) is 3. The number of amides is 5. The van der Waals surface area contributed by atoms with Gasteiger partial charge in [0.25, 0.3) is 17.7 Å². The molecule has 14 heteroatoms. The van der Waals surface area contributed by atoms with E-state index in [-0.39, 0.29) is 29.9 Å². The summed E-state index contributed by atoms with van der Waals surface area (Å²) < 4.78 is 11.9. The number of anilines is 2. The SMILES string of the molecule is CC1(C)CN(Cc2ccc(NCCCCCOCCCCNc3cccc4c3C(=O)N(C3CCC(=O)NC3=O)C4=O)cc2)C(=O)C1Oc1ccc(C#N)c(Cl)c1. The lowest BCUT2D eigenvalue weighted by atomic mass is 9.89. The van der Waals surface area contributed by atoms with Gasteiger partial charge in [-0.15, -0.1) is 0 Å². The van der Waals surface area contributed by atoms with E-state index in [0.717, 1.165) is 54.8 Å². The fourth-order valence-electron chi connectivity index (χ4n) is 7.30. The number of piperidine rings is 1. The largest absolute Gasteiger partial charge is 0.480 e. The topological polar surface area (TPSA) is 170 Å². The van der Waals surface area contributed by atoms with Crippen molar-refractivity contribution in [3.05, 3.63) is 87.9 Å². The Morgan fingerprint density at radius 3 is 2.38 bits per heavy atom. The van der Waals surface area contributed by atoms with E-state index in [0.29, 0.717) is 54.9 Å². The Morgan fingerprint density at radius 2 is 1.64 bits per heavy atom. The number of nitrogens with one attached hydrogen (secondary N) is 3. The number of rotatable bonds is 18. The maximum absolute atomic E-state index is 13.3. The number of carbonyl (C=O) groups excluding carboxylic acids is 5. The lowest BCUT2D eigenvalue weighted by molar-refractivity contribution is -0.136. The number of nitrogens with zero attached hydrogens (tertiary/aromatic N) is 3. The van der Waals surface area contributed by atoms with Crippen LogP contribution >= 0.6 is 11.6 Å². The molecule has 6 rings (SSSR count). The second kappa shape index (κ2) is 18.0. The summed E-state index contributed by atoms with van der Waals surface area (Å²) in [4.78, 5) is 66.3. The molecule has 0 saturated carbocycles. The summed E-state index contributed by atoms with van der Waals surface area (Å²) in [5.41, 5.74) is 3.07. The van der Waals surface area contributed by atoms with Crippen molar-refractivity contribution in [2.45, 2.75) is 77.5 Å². The summed E-state index contributed by atoms with van der Waals surface area (Å²) in [6, 6.07) is 19.1.